The molecule has 0 bridgehead atoms. The van der Waals surface area contributed by atoms with E-state index in [9.17, 15) is 4.79 Å². The third-order valence-corrected chi connectivity index (χ3v) is 3.16. The monoisotopic (exact) mass is 240 g/mol. The third-order valence-electron chi connectivity index (χ3n) is 2.17. The summed E-state index contributed by atoms with van der Waals surface area (Å²) in [5, 5.41) is 0. The zero-order chi connectivity index (χ0) is 12.0. The second kappa shape index (κ2) is 6.43. The van der Waals surface area contributed by atoms with Gasteiger partial charge in [-0.3, -0.25) is 4.79 Å². The van der Waals surface area contributed by atoms with E-state index in [0.29, 0.717) is 6.42 Å². The summed E-state index contributed by atoms with van der Waals surface area (Å²) >= 11 is 1.64. The zero-order valence-corrected chi connectivity index (χ0v) is 10.6. The minimum absolute atomic E-state index is 0.169. The van der Waals surface area contributed by atoms with E-state index in [1.54, 1.807) is 18.9 Å². The van der Waals surface area contributed by atoms with E-state index < -0.39 is 0 Å². The van der Waals surface area contributed by atoms with Gasteiger partial charge in [0.05, 0.1) is 20.6 Å². The molecule has 0 aliphatic rings. The summed E-state index contributed by atoms with van der Waals surface area (Å²) < 4.78 is 9.75. The Bertz CT molecular complexity index is 363. The molecule has 0 saturated carbocycles. The number of hydrogen-bond donors (Lipinski definition) is 0. The normalized spacial score (nSPS) is 9.94. The first-order chi connectivity index (χ1) is 7.67. The number of thioether (sulfide) groups is 1. The fourth-order valence-corrected chi connectivity index (χ4v) is 2.22. The first-order valence-electron chi connectivity index (χ1n) is 5.01. The van der Waals surface area contributed by atoms with Gasteiger partial charge in [-0.2, -0.15) is 0 Å². The van der Waals surface area contributed by atoms with Crippen LogP contribution >= 0.6 is 11.8 Å². The molecule has 1 aromatic carbocycles. The fourth-order valence-electron chi connectivity index (χ4n) is 1.29. The lowest BCUT2D eigenvalue weighted by molar-refractivity contribution is -0.140. The van der Waals surface area contributed by atoms with Crippen molar-refractivity contribution in [3.05, 3.63) is 23.8 Å². The van der Waals surface area contributed by atoms with E-state index >= 15 is 0 Å². The summed E-state index contributed by atoms with van der Waals surface area (Å²) in [6, 6.07) is 5.99. The molecule has 16 heavy (non-hydrogen) atoms. The average molecular weight is 240 g/mol. The number of benzene rings is 1. The molecule has 0 spiro atoms. The number of aryl methyl sites for hydroxylation is 1. The van der Waals surface area contributed by atoms with Crippen LogP contribution in [0.3, 0.4) is 0 Å². The third kappa shape index (κ3) is 3.77. The van der Waals surface area contributed by atoms with E-state index in [4.69, 9.17) is 4.74 Å². The smallest absolute Gasteiger partial charge is 0.306 e. The molecule has 0 heterocycles. The van der Waals surface area contributed by atoms with Crippen molar-refractivity contribution in [3.63, 3.8) is 0 Å². The van der Waals surface area contributed by atoms with E-state index in [-0.39, 0.29) is 5.97 Å². The first-order valence-corrected chi connectivity index (χ1v) is 6.00. The van der Waals surface area contributed by atoms with Gasteiger partial charge < -0.3 is 9.47 Å². The van der Waals surface area contributed by atoms with Crippen molar-refractivity contribution < 1.29 is 14.3 Å². The van der Waals surface area contributed by atoms with Gasteiger partial charge in [-0.05, 0) is 30.7 Å². The maximum atomic E-state index is 10.9. The number of esters is 1. The van der Waals surface area contributed by atoms with Gasteiger partial charge in [0.25, 0.3) is 0 Å². The lowest BCUT2D eigenvalue weighted by Gasteiger charge is -2.06. The topological polar surface area (TPSA) is 35.5 Å². The van der Waals surface area contributed by atoms with Crippen LogP contribution in [0.15, 0.2) is 23.1 Å². The molecule has 1 aromatic rings. The molecular formula is C12H16O3S. The Morgan fingerprint density at radius 1 is 1.38 bits per heavy atom. The zero-order valence-electron chi connectivity index (χ0n) is 9.78. The molecule has 1 rings (SSSR count). The highest BCUT2D eigenvalue weighted by atomic mass is 32.2. The molecular weight excluding hydrogens is 224 g/mol. The van der Waals surface area contributed by atoms with Gasteiger partial charge in [0.15, 0.2) is 0 Å². The van der Waals surface area contributed by atoms with Crippen molar-refractivity contribution in [2.45, 2.75) is 18.2 Å². The predicted molar refractivity (Wildman–Crippen MR) is 65.1 cm³/mol. The predicted octanol–water partition coefficient (Wildman–Crippen LogP) is 2.66. The van der Waals surface area contributed by atoms with Gasteiger partial charge >= 0.3 is 5.97 Å². The molecule has 0 saturated heterocycles. The van der Waals surface area contributed by atoms with E-state index in [1.165, 1.54) is 7.11 Å². The second-order valence-electron chi connectivity index (χ2n) is 3.31. The molecule has 0 N–H and O–H groups in total. The quantitative estimate of drug-likeness (QED) is 0.585. The summed E-state index contributed by atoms with van der Waals surface area (Å²) in [4.78, 5) is 12.1. The summed E-state index contributed by atoms with van der Waals surface area (Å²) in [7, 11) is 3.07. The van der Waals surface area contributed by atoms with Crippen LogP contribution in [0.1, 0.15) is 12.0 Å². The van der Waals surface area contributed by atoms with Crippen molar-refractivity contribution in [1.29, 1.82) is 0 Å². The average Bonchev–Trinajstić information content (AvgIpc) is 2.29. The van der Waals surface area contributed by atoms with Crippen LogP contribution in [0, 0.1) is 6.92 Å². The first kappa shape index (κ1) is 12.9. The van der Waals surface area contributed by atoms with Crippen LogP contribution in [0.4, 0.5) is 0 Å². The van der Waals surface area contributed by atoms with Gasteiger partial charge in [-0.1, -0.05) is 0 Å². The molecule has 3 nitrogen and oxygen atoms in total. The lowest BCUT2D eigenvalue weighted by atomic mass is 10.2. The Morgan fingerprint density at radius 2 is 2.12 bits per heavy atom. The molecule has 0 aromatic heterocycles. The molecule has 0 fully saturated rings. The fraction of sp³-hybridized carbons (Fsp3) is 0.417. The van der Waals surface area contributed by atoms with E-state index in [0.717, 1.165) is 22.0 Å². The number of carbonyl (C=O) groups is 1. The Kier molecular flexibility index (Phi) is 5.19. The highest BCUT2D eigenvalue weighted by Gasteiger charge is 2.03. The van der Waals surface area contributed by atoms with Crippen molar-refractivity contribution in [2.24, 2.45) is 0 Å². The number of hydrogen-bond acceptors (Lipinski definition) is 4. The van der Waals surface area contributed by atoms with Crippen LogP contribution < -0.4 is 4.74 Å². The largest absolute Gasteiger partial charge is 0.496 e. The van der Waals surface area contributed by atoms with Gasteiger partial charge in [0, 0.05) is 10.6 Å². The van der Waals surface area contributed by atoms with Crippen molar-refractivity contribution in [2.75, 3.05) is 20.0 Å². The lowest BCUT2D eigenvalue weighted by Crippen LogP contribution is -2.00. The maximum Gasteiger partial charge on any atom is 0.306 e. The minimum Gasteiger partial charge on any atom is -0.496 e. The molecule has 4 heteroatoms. The van der Waals surface area contributed by atoms with Gasteiger partial charge in [0.2, 0.25) is 0 Å². The molecule has 0 amide bonds. The van der Waals surface area contributed by atoms with Crippen molar-refractivity contribution in [1.82, 2.24) is 0 Å². The Hall–Kier alpha value is -1.16. The molecule has 0 aliphatic heterocycles. The van der Waals surface area contributed by atoms with Gasteiger partial charge in [0.1, 0.15) is 5.75 Å². The van der Waals surface area contributed by atoms with E-state index in [1.807, 2.05) is 19.1 Å². The molecule has 0 radical (unpaired) electrons. The second-order valence-corrected chi connectivity index (χ2v) is 4.47. The molecule has 0 atom stereocenters. The molecule has 0 aliphatic carbocycles. The summed E-state index contributed by atoms with van der Waals surface area (Å²) in [6.45, 7) is 2.00. The summed E-state index contributed by atoms with van der Waals surface area (Å²) in [6.07, 6.45) is 0.437. The van der Waals surface area contributed by atoms with Crippen LogP contribution in [0.5, 0.6) is 5.75 Å². The minimum atomic E-state index is -0.169. The molecule has 88 valence electrons. The maximum absolute atomic E-state index is 10.9. The SMILES string of the molecule is COC(=O)CCSc1ccc(OC)c(C)c1. The van der Waals surface area contributed by atoms with Gasteiger partial charge in [-0.15, -0.1) is 11.8 Å². The van der Waals surface area contributed by atoms with E-state index in [2.05, 4.69) is 10.8 Å². The standard InChI is InChI=1S/C12H16O3S/c1-9-8-10(4-5-11(9)14-2)16-7-6-12(13)15-3/h4-5,8H,6-7H2,1-3H3. The highest BCUT2D eigenvalue weighted by molar-refractivity contribution is 7.99. The highest BCUT2D eigenvalue weighted by Crippen LogP contribution is 2.25. The molecule has 0 unspecified atom stereocenters. The summed E-state index contributed by atoms with van der Waals surface area (Å²) in [5.74, 6) is 1.45. The van der Waals surface area contributed by atoms with Crippen molar-refractivity contribution >= 4 is 17.7 Å². The van der Waals surface area contributed by atoms with Crippen LogP contribution in [0.25, 0.3) is 0 Å². The van der Waals surface area contributed by atoms with Crippen LogP contribution in [-0.4, -0.2) is 25.9 Å². The Morgan fingerprint density at radius 3 is 2.69 bits per heavy atom. The van der Waals surface area contributed by atoms with Gasteiger partial charge in [-0.25, -0.2) is 0 Å². The number of methoxy groups -OCH3 is 2. The number of ether oxygens (including phenoxy) is 2. The van der Waals surface area contributed by atoms with Crippen molar-refractivity contribution in [3.8, 4) is 5.75 Å². The van der Waals surface area contributed by atoms with Crippen LogP contribution in [0.2, 0.25) is 0 Å². The summed E-state index contributed by atoms with van der Waals surface area (Å²) in [5.41, 5.74) is 1.10. The number of rotatable bonds is 5. The van der Waals surface area contributed by atoms with Crippen LogP contribution in [-0.2, 0) is 9.53 Å². The number of carbonyl (C=O) groups excluding carboxylic acids is 1. The Balaban J connectivity index is 2.49. The Labute approximate surface area is 100 Å².